The van der Waals surface area contributed by atoms with Crippen molar-refractivity contribution in [3.05, 3.63) is 29.6 Å². The van der Waals surface area contributed by atoms with E-state index in [0.717, 1.165) is 6.42 Å². The Bertz CT molecular complexity index is 496. The Morgan fingerprint density at radius 2 is 2.32 bits per heavy atom. The third kappa shape index (κ3) is 3.80. The van der Waals surface area contributed by atoms with E-state index in [1.54, 1.807) is 25.5 Å². The summed E-state index contributed by atoms with van der Waals surface area (Å²) in [4.78, 5) is 15.9. The van der Waals surface area contributed by atoms with Crippen LogP contribution in [0.15, 0.2) is 18.5 Å². The lowest BCUT2D eigenvalue weighted by Gasteiger charge is -2.08. The highest BCUT2D eigenvalue weighted by Crippen LogP contribution is 2.16. The van der Waals surface area contributed by atoms with Gasteiger partial charge in [-0.05, 0) is 12.5 Å². The van der Waals surface area contributed by atoms with Gasteiger partial charge in [-0.3, -0.25) is 4.79 Å². The van der Waals surface area contributed by atoms with Gasteiger partial charge in [0.05, 0.1) is 5.56 Å². The molecule has 1 amide bonds. The maximum absolute atomic E-state index is 11.9. The van der Waals surface area contributed by atoms with Gasteiger partial charge in [-0.1, -0.05) is 6.92 Å². The van der Waals surface area contributed by atoms with E-state index in [2.05, 4.69) is 15.6 Å². The van der Waals surface area contributed by atoms with Crippen molar-refractivity contribution in [2.45, 2.75) is 13.3 Å². The second kappa shape index (κ2) is 7.15. The molecule has 5 N–H and O–H groups in total. The minimum atomic E-state index is -0.248. The van der Waals surface area contributed by atoms with Crippen molar-refractivity contribution in [1.82, 2.24) is 15.6 Å². The molecule has 1 heterocycles. The van der Waals surface area contributed by atoms with Crippen LogP contribution in [0.5, 0.6) is 0 Å². The van der Waals surface area contributed by atoms with Gasteiger partial charge in [0.15, 0.2) is 0 Å². The number of hydrogen-bond acceptors (Lipinski definition) is 5. The number of nitrogens with zero attached hydrogens (tertiary/aromatic N) is 1. The highest BCUT2D eigenvalue weighted by atomic mass is 16.1. The first-order valence-electron chi connectivity index (χ1n) is 6.06. The number of carbonyl (C=O) groups excluding carboxylic acids is 1. The summed E-state index contributed by atoms with van der Waals surface area (Å²) in [5.41, 5.74) is 7.33. The van der Waals surface area contributed by atoms with E-state index in [1.807, 2.05) is 6.92 Å². The second-order valence-corrected chi connectivity index (χ2v) is 3.95. The van der Waals surface area contributed by atoms with Crippen LogP contribution in [-0.4, -0.2) is 30.7 Å². The normalized spacial score (nSPS) is 10.9. The zero-order valence-corrected chi connectivity index (χ0v) is 11.2. The molecule has 0 aliphatic rings. The quantitative estimate of drug-likeness (QED) is 0.574. The van der Waals surface area contributed by atoms with Crippen molar-refractivity contribution >= 4 is 23.5 Å². The largest absolute Gasteiger partial charge is 0.393 e. The maximum Gasteiger partial charge on any atom is 0.255 e. The van der Waals surface area contributed by atoms with Gasteiger partial charge < -0.3 is 21.8 Å². The third-order valence-corrected chi connectivity index (χ3v) is 2.49. The van der Waals surface area contributed by atoms with Crippen molar-refractivity contribution in [1.29, 1.82) is 5.41 Å². The molecule has 0 atom stereocenters. The predicted molar refractivity (Wildman–Crippen MR) is 77.1 cm³/mol. The van der Waals surface area contributed by atoms with Crippen LogP contribution in [0.3, 0.4) is 0 Å². The van der Waals surface area contributed by atoms with E-state index in [9.17, 15) is 4.79 Å². The Labute approximate surface area is 112 Å². The van der Waals surface area contributed by atoms with Crippen molar-refractivity contribution in [2.75, 3.05) is 19.3 Å². The Balaban J connectivity index is 3.09. The van der Waals surface area contributed by atoms with Crippen molar-refractivity contribution in [2.24, 2.45) is 0 Å². The third-order valence-electron chi connectivity index (χ3n) is 2.49. The van der Waals surface area contributed by atoms with Crippen LogP contribution < -0.4 is 16.4 Å². The van der Waals surface area contributed by atoms with Gasteiger partial charge in [-0.25, -0.2) is 4.98 Å². The first kappa shape index (κ1) is 14.7. The molecule has 1 aromatic rings. The van der Waals surface area contributed by atoms with Crippen molar-refractivity contribution < 1.29 is 4.79 Å². The standard InChI is InChI=1S/C13H19N5O/c1-3-4-17-13(19)11-5-9(8-18-12(11)15)10(6-14)7-16-2/h5-8,14,16H,3-4H2,1-2H3,(H2,15,18)(H,17,19)/b10-7+,14-6?. The average molecular weight is 261 g/mol. The minimum Gasteiger partial charge on any atom is -0.393 e. The summed E-state index contributed by atoms with van der Waals surface area (Å²) in [5.74, 6) is -0.0615. The maximum atomic E-state index is 11.9. The first-order valence-corrected chi connectivity index (χ1v) is 6.06. The minimum absolute atomic E-state index is 0.186. The zero-order valence-electron chi connectivity index (χ0n) is 11.2. The molecule has 0 saturated heterocycles. The topological polar surface area (TPSA) is 104 Å². The molecule has 6 nitrogen and oxygen atoms in total. The van der Waals surface area contributed by atoms with E-state index in [1.165, 1.54) is 6.21 Å². The zero-order chi connectivity index (χ0) is 14.3. The van der Waals surface area contributed by atoms with Crippen molar-refractivity contribution in [3.63, 3.8) is 0 Å². The number of carbonyl (C=O) groups is 1. The monoisotopic (exact) mass is 261 g/mol. The number of nitrogens with one attached hydrogen (secondary N) is 3. The molecule has 0 aliphatic carbocycles. The average Bonchev–Trinajstić information content (AvgIpc) is 2.43. The number of amides is 1. The Kier molecular flexibility index (Phi) is 5.53. The van der Waals surface area contributed by atoms with Gasteiger partial charge in [0, 0.05) is 43.3 Å². The predicted octanol–water partition coefficient (Wildman–Crippen LogP) is 1.01. The van der Waals surface area contributed by atoms with Crippen LogP contribution in [0.1, 0.15) is 29.3 Å². The number of pyridine rings is 1. The van der Waals surface area contributed by atoms with Crippen LogP contribution in [0.25, 0.3) is 5.57 Å². The molecule has 0 saturated carbocycles. The van der Waals surface area contributed by atoms with E-state index in [-0.39, 0.29) is 11.7 Å². The lowest BCUT2D eigenvalue weighted by molar-refractivity contribution is 0.0954. The van der Waals surface area contributed by atoms with E-state index >= 15 is 0 Å². The molecule has 0 fully saturated rings. The molecule has 102 valence electrons. The van der Waals surface area contributed by atoms with Crippen LogP contribution in [-0.2, 0) is 0 Å². The Morgan fingerprint density at radius 3 is 2.89 bits per heavy atom. The molecule has 0 bridgehead atoms. The molecule has 0 aliphatic heterocycles. The molecule has 6 heteroatoms. The lowest BCUT2D eigenvalue weighted by Crippen LogP contribution is -2.25. The molecule has 19 heavy (non-hydrogen) atoms. The highest BCUT2D eigenvalue weighted by molar-refractivity contribution is 6.09. The van der Waals surface area contributed by atoms with Crippen LogP contribution in [0.2, 0.25) is 0 Å². The molecular weight excluding hydrogens is 242 g/mol. The molecular formula is C13H19N5O. The summed E-state index contributed by atoms with van der Waals surface area (Å²) >= 11 is 0. The van der Waals surface area contributed by atoms with Crippen LogP contribution in [0.4, 0.5) is 5.82 Å². The van der Waals surface area contributed by atoms with E-state index < -0.39 is 0 Å². The molecule has 0 spiro atoms. The molecule has 0 unspecified atom stereocenters. The molecule has 1 aromatic heterocycles. The van der Waals surface area contributed by atoms with E-state index in [4.69, 9.17) is 11.1 Å². The van der Waals surface area contributed by atoms with Gasteiger partial charge >= 0.3 is 0 Å². The fourth-order valence-corrected chi connectivity index (χ4v) is 1.51. The number of hydrogen-bond donors (Lipinski definition) is 4. The van der Waals surface area contributed by atoms with Gasteiger partial charge in [-0.15, -0.1) is 0 Å². The van der Waals surface area contributed by atoms with Crippen LogP contribution in [0, 0.1) is 5.41 Å². The SMILES string of the molecule is CCCNC(=O)c1cc(/C(C=N)=C/NC)cnc1N. The molecule has 1 rings (SSSR count). The number of allylic oxidation sites excluding steroid dienone is 1. The fraction of sp³-hybridized carbons (Fsp3) is 0.308. The second-order valence-electron chi connectivity index (χ2n) is 3.95. The smallest absolute Gasteiger partial charge is 0.255 e. The number of nitrogens with two attached hydrogens (primary N) is 1. The lowest BCUT2D eigenvalue weighted by atomic mass is 10.1. The summed E-state index contributed by atoms with van der Waals surface area (Å²) in [6.07, 6.45) is 5.25. The Morgan fingerprint density at radius 1 is 1.58 bits per heavy atom. The van der Waals surface area contributed by atoms with E-state index in [0.29, 0.717) is 23.2 Å². The summed E-state index contributed by atoms with van der Waals surface area (Å²) in [6.45, 7) is 2.56. The van der Waals surface area contributed by atoms with Gasteiger partial charge in [0.2, 0.25) is 0 Å². The molecule has 0 radical (unpaired) electrons. The molecule has 0 aromatic carbocycles. The number of aromatic nitrogens is 1. The van der Waals surface area contributed by atoms with Crippen molar-refractivity contribution in [3.8, 4) is 0 Å². The summed E-state index contributed by atoms with van der Waals surface area (Å²) in [5, 5.41) is 12.9. The number of rotatable bonds is 6. The number of anilines is 1. The van der Waals surface area contributed by atoms with Gasteiger partial charge in [0.1, 0.15) is 5.82 Å². The van der Waals surface area contributed by atoms with Gasteiger partial charge in [-0.2, -0.15) is 0 Å². The fourth-order valence-electron chi connectivity index (χ4n) is 1.51. The Hall–Kier alpha value is -2.37. The summed E-state index contributed by atoms with van der Waals surface area (Å²) < 4.78 is 0. The highest BCUT2D eigenvalue weighted by Gasteiger charge is 2.12. The first-order chi connectivity index (χ1) is 9.13. The number of nitrogen functional groups attached to an aromatic ring is 1. The summed E-state index contributed by atoms with van der Waals surface area (Å²) in [7, 11) is 1.74. The van der Waals surface area contributed by atoms with Gasteiger partial charge in [0.25, 0.3) is 5.91 Å². The summed E-state index contributed by atoms with van der Waals surface area (Å²) in [6, 6.07) is 1.64. The van der Waals surface area contributed by atoms with Crippen LogP contribution >= 0.6 is 0 Å².